The molecule has 0 saturated heterocycles. The molecular weight excluding hydrogens is 452 g/mol. The van der Waals surface area contributed by atoms with Crippen molar-refractivity contribution in [2.75, 3.05) is 30.0 Å². The third-order valence-corrected chi connectivity index (χ3v) is 7.03. The second-order valence-corrected chi connectivity index (χ2v) is 9.61. The molecule has 1 aromatic carbocycles. The first-order valence-corrected chi connectivity index (χ1v) is 12.9. The van der Waals surface area contributed by atoms with Crippen molar-refractivity contribution < 1.29 is 5.11 Å². The molecule has 0 bridgehead atoms. The summed E-state index contributed by atoms with van der Waals surface area (Å²) in [6, 6.07) is 10.9. The fourth-order valence-electron chi connectivity index (χ4n) is 5.01. The lowest BCUT2D eigenvalue weighted by molar-refractivity contribution is 0.0204. The van der Waals surface area contributed by atoms with E-state index < -0.39 is 6.23 Å². The van der Waals surface area contributed by atoms with E-state index in [-0.39, 0.29) is 0 Å². The topological polar surface area (TPSA) is 92.7 Å². The molecule has 190 valence electrons. The van der Waals surface area contributed by atoms with Crippen molar-refractivity contribution in [3.63, 3.8) is 0 Å². The fourth-order valence-corrected chi connectivity index (χ4v) is 5.01. The second kappa shape index (κ2) is 10.5. The van der Waals surface area contributed by atoms with E-state index in [0.717, 1.165) is 49.7 Å². The van der Waals surface area contributed by atoms with Gasteiger partial charge in [-0.05, 0) is 68.8 Å². The predicted molar refractivity (Wildman–Crippen MR) is 142 cm³/mol. The van der Waals surface area contributed by atoms with Gasteiger partial charge in [0, 0.05) is 43.8 Å². The monoisotopic (exact) mass is 488 g/mol. The van der Waals surface area contributed by atoms with Gasteiger partial charge in [-0.2, -0.15) is 9.99 Å². The van der Waals surface area contributed by atoms with Crippen LogP contribution < -0.4 is 15.6 Å². The van der Waals surface area contributed by atoms with Crippen molar-refractivity contribution in [1.29, 1.82) is 0 Å². The number of hydrogen-bond acceptors (Lipinski definition) is 9. The summed E-state index contributed by atoms with van der Waals surface area (Å²) >= 11 is 0. The normalized spacial score (nSPS) is 17.5. The van der Waals surface area contributed by atoms with Crippen LogP contribution >= 0.6 is 0 Å². The molecule has 9 nitrogen and oxygen atoms in total. The molecule has 0 amide bonds. The first-order chi connectivity index (χ1) is 17.5. The summed E-state index contributed by atoms with van der Waals surface area (Å²) < 4.78 is 0. The zero-order valence-corrected chi connectivity index (χ0v) is 21.6. The van der Waals surface area contributed by atoms with Gasteiger partial charge in [0.15, 0.2) is 12.0 Å². The van der Waals surface area contributed by atoms with Gasteiger partial charge in [-0.15, -0.1) is 0 Å². The molecular formula is C27H36N8O. The maximum absolute atomic E-state index is 11.1. The molecule has 5 rings (SSSR count). The van der Waals surface area contributed by atoms with Crippen LogP contribution in [0.5, 0.6) is 0 Å². The lowest BCUT2D eigenvalue weighted by Gasteiger charge is -2.30. The predicted octanol–water partition coefficient (Wildman–Crippen LogP) is 3.87. The standard InChI is InChI=1S/C27H36N8O/c1-5-33(18(3)4)17-22-14-23(10-12-29-22)35-25-24(26(36)34(35)6-2)16-30-27(32-25)31-21-8-7-20-15-28-11-9-19(20)13-21/h7-8,10,12-14,16,18,26,28,36H,5-6,9,11,15,17H2,1-4H3,(H,30,31,32). The minimum Gasteiger partial charge on any atom is -0.372 e. The van der Waals surface area contributed by atoms with Gasteiger partial charge in [0.25, 0.3) is 0 Å². The number of aliphatic hydroxyl groups excluding tert-OH is 1. The number of nitrogens with zero attached hydrogens (tertiary/aromatic N) is 6. The smallest absolute Gasteiger partial charge is 0.229 e. The van der Waals surface area contributed by atoms with Gasteiger partial charge in [-0.1, -0.05) is 19.9 Å². The Kier molecular flexibility index (Phi) is 7.15. The Morgan fingerprint density at radius 1 is 1.17 bits per heavy atom. The van der Waals surface area contributed by atoms with Crippen molar-refractivity contribution in [2.45, 2.75) is 59.5 Å². The summed E-state index contributed by atoms with van der Waals surface area (Å²) in [6.07, 6.45) is 3.76. The number of benzene rings is 1. The average Bonchev–Trinajstić information content (AvgIpc) is 3.18. The molecule has 3 N–H and O–H groups in total. The van der Waals surface area contributed by atoms with Gasteiger partial charge in [-0.25, -0.2) is 4.98 Å². The van der Waals surface area contributed by atoms with E-state index in [0.29, 0.717) is 29.9 Å². The van der Waals surface area contributed by atoms with Gasteiger partial charge < -0.3 is 15.7 Å². The second-order valence-electron chi connectivity index (χ2n) is 9.61. The van der Waals surface area contributed by atoms with Crippen LogP contribution in [-0.4, -0.2) is 55.6 Å². The minimum absolute atomic E-state index is 0.433. The Balaban J connectivity index is 1.45. The van der Waals surface area contributed by atoms with Crippen molar-refractivity contribution in [3.8, 4) is 0 Å². The summed E-state index contributed by atoms with van der Waals surface area (Å²) in [5.41, 5.74) is 6.24. The van der Waals surface area contributed by atoms with Gasteiger partial charge in [-0.3, -0.25) is 14.9 Å². The van der Waals surface area contributed by atoms with E-state index in [9.17, 15) is 5.11 Å². The van der Waals surface area contributed by atoms with Gasteiger partial charge in [0.2, 0.25) is 5.95 Å². The van der Waals surface area contributed by atoms with Gasteiger partial charge >= 0.3 is 0 Å². The molecule has 0 radical (unpaired) electrons. The van der Waals surface area contributed by atoms with Gasteiger partial charge in [0.05, 0.1) is 16.9 Å². The molecule has 2 aliphatic heterocycles. The van der Waals surface area contributed by atoms with Crippen LogP contribution in [0, 0.1) is 0 Å². The Bertz CT molecular complexity index is 1220. The summed E-state index contributed by atoms with van der Waals surface area (Å²) in [5.74, 6) is 1.18. The highest BCUT2D eigenvalue weighted by atomic mass is 16.3. The van der Waals surface area contributed by atoms with Crippen molar-refractivity contribution in [2.24, 2.45) is 0 Å². The number of fused-ring (bicyclic) bond motifs is 2. The number of aliphatic hydroxyl groups is 1. The summed E-state index contributed by atoms with van der Waals surface area (Å²) in [5, 5.41) is 21.7. The summed E-state index contributed by atoms with van der Waals surface area (Å²) in [4.78, 5) is 16.4. The largest absolute Gasteiger partial charge is 0.372 e. The van der Waals surface area contributed by atoms with Crippen LogP contribution in [-0.2, 0) is 19.5 Å². The molecule has 9 heteroatoms. The number of nitrogens with one attached hydrogen (secondary N) is 2. The molecule has 1 unspecified atom stereocenters. The minimum atomic E-state index is -0.810. The molecule has 0 spiro atoms. The quantitative estimate of drug-likeness (QED) is 0.437. The first kappa shape index (κ1) is 24.6. The van der Waals surface area contributed by atoms with E-state index in [1.54, 1.807) is 6.20 Å². The Morgan fingerprint density at radius 2 is 2.03 bits per heavy atom. The van der Waals surface area contributed by atoms with Gasteiger partial charge in [0.1, 0.15) is 0 Å². The Hall–Kier alpha value is -3.11. The molecule has 1 atom stereocenters. The zero-order valence-electron chi connectivity index (χ0n) is 21.6. The van der Waals surface area contributed by atoms with Crippen LogP contribution in [0.25, 0.3) is 0 Å². The van der Waals surface area contributed by atoms with Crippen LogP contribution in [0.1, 0.15) is 56.3 Å². The van der Waals surface area contributed by atoms with E-state index in [1.165, 1.54) is 11.1 Å². The van der Waals surface area contributed by atoms with Crippen molar-refractivity contribution >= 4 is 23.1 Å². The maximum atomic E-state index is 11.1. The SMILES string of the molecule is CCN(Cc1cc(N2c3nc(Nc4ccc5c(c4)CCNC5)ncc3C(O)N2CC)ccn1)C(C)C. The van der Waals surface area contributed by atoms with Crippen molar-refractivity contribution in [3.05, 3.63) is 65.1 Å². The lowest BCUT2D eigenvalue weighted by atomic mass is 10.0. The lowest BCUT2D eigenvalue weighted by Crippen LogP contribution is -2.36. The molecule has 0 aliphatic carbocycles. The summed E-state index contributed by atoms with van der Waals surface area (Å²) in [7, 11) is 0. The highest BCUT2D eigenvalue weighted by Crippen LogP contribution is 2.42. The first-order valence-electron chi connectivity index (χ1n) is 12.9. The molecule has 36 heavy (non-hydrogen) atoms. The highest BCUT2D eigenvalue weighted by Gasteiger charge is 2.37. The molecule has 2 aliphatic rings. The number of pyridine rings is 1. The average molecular weight is 489 g/mol. The van der Waals surface area contributed by atoms with E-state index >= 15 is 0 Å². The van der Waals surface area contributed by atoms with E-state index in [4.69, 9.17) is 4.98 Å². The zero-order chi connectivity index (χ0) is 25.2. The number of rotatable bonds is 8. The molecule has 2 aromatic heterocycles. The van der Waals surface area contributed by atoms with Crippen molar-refractivity contribution in [1.82, 2.24) is 30.2 Å². The fraction of sp³-hybridized carbons (Fsp3) is 0.444. The Morgan fingerprint density at radius 3 is 2.81 bits per heavy atom. The molecule has 0 saturated carbocycles. The number of aromatic nitrogens is 3. The van der Waals surface area contributed by atoms with Crippen LogP contribution in [0.3, 0.4) is 0 Å². The van der Waals surface area contributed by atoms with Crippen LogP contribution in [0.2, 0.25) is 0 Å². The third-order valence-electron chi connectivity index (χ3n) is 7.03. The molecule has 3 aromatic rings. The molecule has 0 fully saturated rings. The van der Waals surface area contributed by atoms with E-state index in [2.05, 4.69) is 70.5 Å². The number of hydrazine groups is 1. The van der Waals surface area contributed by atoms with Crippen LogP contribution in [0.4, 0.5) is 23.1 Å². The third kappa shape index (κ3) is 4.79. The van der Waals surface area contributed by atoms with Crippen LogP contribution in [0.15, 0.2) is 42.7 Å². The van der Waals surface area contributed by atoms with E-state index in [1.807, 2.05) is 29.2 Å². The number of anilines is 4. The molecule has 4 heterocycles. The maximum Gasteiger partial charge on any atom is 0.229 e. The number of hydrogen-bond donors (Lipinski definition) is 3. The summed E-state index contributed by atoms with van der Waals surface area (Å²) in [6.45, 7) is 12.8. The Labute approximate surface area is 213 Å². The highest BCUT2D eigenvalue weighted by molar-refractivity contribution is 5.67.